The fraction of sp³-hybridized carbons (Fsp3) is 0.286. The number of ether oxygens (including phenoxy) is 1. The summed E-state index contributed by atoms with van der Waals surface area (Å²) in [4.78, 5) is 12.9. The van der Waals surface area contributed by atoms with Crippen LogP contribution in [0.4, 0.5) is 5.69 Å². The monoisotopic (exact) mass is 491 g/mol. The van der Waals surface area contributed by atoms with E-state index in [9.17, 15) is 4.79 Å². The zero-order valence-electron chi connectivity index (χ0n) is 20.7. The van der Waals surface area contributed by atoms with Crippen LogP contribution in [0.5, 0.6) is 5.75 Å². The molecule has 2 heterocycles. The average molecular weight is 492 g/mol. The van der Waals surface area contributed by atoms with Crippen molar-refractivity contribution in [1.82, 2.24) is 9.78 Å². The fourth-order valence-corrected chi connectivity index (χ4v) is 4.20. The predicted octanol–water partition coefficient (Wildman–Crippen LogP) is 7.06. The molecule has 0 bridgehead atoms. The van der Waals surface area contributed by atoms with E-state index in [2.05, 4.69) is 36.4 Å². The third-order valence-corrected chi connectivity index (χ3v) is 6.12. The molecule has 0 spiro atoms. The number of anilines is 1. The molecule has 2 aromatic heterocycles. The maximum atomic E-state index is 12.9. The van der Waals surface area contributed by atoms with Gasteiger partial charge in [-0.15, -0.1) is 0 Å². The number of halogens is 1. The lowest BCUT2D eigenvalue weighted by Crippen LogP contribution is -2.12. The molecule has 7 heteroatoms. The van der Waals surface area contributed by atoms with Gasteiger partial charge in [0.05, 0.1) is 23.6 Å². The second kappa shape index (κ2) is 10.4. The van der Waals surface area contributed by atoms with Gasteiger partial charge in [0, 0.05) is 5.02 Å². The molecular weight excluding hydrogens is 462 g/mol. The largest absolute Gasteiger partial charge is 0.485 e. The van der Waals surface area contributed by atoms with Gasteiger partial charge in [-0.05, 0) is 73.7 Å². The number of rotatable bonds is 8. The predicted molar refractivity (Wildman–Crippen MR) is 139 cm³/mol. The molecule has 0 radical (unpaired) electrons. The number of aromatic nitrogens is 2. The Labute approximate surface area is 210 Å². The Morgan fingerprint density at radius 1 is 1.11 bits per heavy atom. The second-order valence-electron chi connectivity index (χ2n) is 9.04. The lowest BCUT2D eigenvalue weighted by Gasteiger charge is -2.14. The van der Waals surface area contributed by atoms with Crippen LogP contribution >= 0.6 is 11.6 Å². The topological polar surface area (TPSA) is 69.3 Å². The minimum Gasteiger partial charge on any atom is -0.485 e. The third-order valence-electron chi connectivity index (χ3n) is 5.89. The number of hydrogen-bond acceptors (Lipinski definition) is 4. The molecule has 182 valence electrons. The summed E-state index contributed by atoms with van der Waals surface area (Å²) in [6, 6.07) is 17.3. The Morgan fingerprint density at radius 3 is 2.66 bits per heavy atom. The van der Waals surface area contributed by atoms with Gasteiger partial charge in [-0.1, -0.05) is 49.7 Å². The molecule has 0 saturated carbocycles. The SMILES string of the molecule is Cc1ccc(C(C)C)c(OCc2ccc(C(=O)Nc3c(C)nn(Cc4cccc(Cl)c4)c3C)o2)c1. The minimum absolute atomic E-state index is 0.221. The molecule has 0 unspecified atom stereocenters. The van der Waals surface area contributed by atoms with Crippen LogP contribution in [0.1, 0.15) is 64.2 Å². The highest BCUT2D eigenvalue weighted by molar-refractivity contribution is 6.30. The Balaban J connectivity index is 1.43. The zero-order chi connectivity index (χ0) is 25.1. The third kappa shape index (κ3) is 5.77. The number of furan rings is 1. The summed E-state index contributed by atoms with van der Waals surface area (Å²) in [6.45, 7) is 10.9. The van der Waals surface area contributed by atoms with E-state index < -0.39 is 0 Å². The van der Waals surface area contributed by atoms with Gasteiger partial charge in [0.15, 0.2) is 5.76 Å². The van der Waals surface area contributed by atoms with Crippen molar-refractivity contribution in [1.29, 1.82) is 0 Å². The highest BCUT2D eigenvalue weighted by atomic mass is 35.5. The molecule has 0 atom stereocenters. The molecule has 6 nitrogen and oxygen atoms in total. The van der Waals surface area contributed by atoms with Gasteiger partial charge in [-0.3, -0.25) is 9.48 Å². The second-order valence-corrected chi connectivity index (χ2v) is 9.47. The first-order valence-corrected chi connectivity index (χ1v) is 12.0. The van der Waals surface area contributed by atoms with E-state index in [0.29, 0.717) is 28.9 Å². The fourth-order valence-electron chi connectivity index (χ4n) is 3.99. The van der Waals surface area contributed by atoms with Crippen LogP contribution in [0.15, 0.2) is 59.0 Å². The summed E-state index contributed by atoms with van der Waals surface area (Å²) in [6.07, 6.45) is 0. The molecule has 4 rings (SSSR count). The van der Waals surface area contributed by atoms with Gasteiger partial charge < -0.3 is 14.5 Å². The molecule has 2 aromatic carbocycles. The van der Waals surface area contributed by atoms with Crippen molar-refractivity contribution in [2.45, 2.75) is 53.7 Å². The van der Waals surface area contributed by atoms with Crippen molar-refractivity contribution in [3.8, 4) is 5.75 Å². The summed E-state index contributed by atoms with van der Waals surface area (Å²) < 4.78 is 13.7. The molecule has 0 saturated heterocycles. The molecule has 1 amide bonds. The Morgan fingerprint density at radius 2 is 1.91 bits per heavy atom. The first-order chi connectivity index (χ1) is 16.7. The molecule has 0 aliphatic rings. The highest BCUT2D eigenvalue weighted by Gasteiger charge is 2.18. The molecule has 0 fully saturated rings. The normalized spacial score (nSPS) is 11.2. The average Bonchev–Trinajstić information content (AvgIpc) is 3.38. The van der Waals surface area contributed by atoms with E-state index in [1.807, 2.05) is 55.8 Å². The van der Waals surface area contributed by atoms with Crippen molar-refractivity contribution in [2.24, 2.45) is 0 Å². The van der Waals surface area contributed by atoms with Crippen LogP contribution in [0.2, 0.25) is 5.02 Å². The Hall–Kier alpha value is -3.51. The summed E-state index contributed by atoms with van der Waals surface area (Å²) in [5.41, 5.74) is 5.56. The molecule has 0 aliphatic heterocycles. The lowest BCUT2D eigenvalue weighted by molar-refractivity contribution is 0.0992. The van der Waals surface area contributed by atoms with Gasteiger partial charge in [0.1, 0.15) is 18.1 Å². The first-order valence-electron chi connectivity index (χ1n) is 11.6. The maximum absolute atomic E-state index is 12.9. The first kappa shape index (κ1) is 24.6. The van der Waals surface area contributed by atoms with Gasteiger partial charge in [-0.25, -0.2) is 0 Å². The molecule has 0 aliphatic carbocycles. The molecule has 4 aromatic rings. The number of benzene rings is 2. The lowest BCUT2D eigenvalue weighted by atomic mass is 10.0. The van der Waals surface area contributed by atoms with Crippen LogP contribution in [0.3, 0.4) is 0 Å². The minimum atomic E-state index is -0.330. The number of carbonyl (C=O) groups excluding carboxylic acids is 1. The van der Waals surface area contributed by atoms with Crippen molar-refractivity contribution < 1.29 is 13.9 Å². The van der Waals surface area contributed by atoms with Crippen LogP contribution in [-0.2, 0) is 13.2 Å². The van der Waals surface area contributed by atoms with Crippen molar-refractivity contribution in [2.75, 3.05) is 5.32 Å². The van der Waals surface area contributed by atoms with Gasteiger partial charge in [0.25, 0.3) is 5.91 Å². The van der Waals surface area contributed by atoms with Gasteiger partial charge >= 0.3 is 0 Å². The van der Waals surface area contributed by atoms with Crippen LogP contribution < -0.4 is 10.1 Å². The van der Waals surface area contributed by atoms with Gasteiger partial charge in [-0.2, -0.15) is 5.10 Å². The van der Waals surface area contributed by atoms with E-state index in [1.165, 1.54) is 0 Å². The number of hydrogen-bond donors (Lipinski definition) is 1. The molecule has 1 N–H and O–H groups in total. The van der Waals surface area contributed by atoms with Crippen LogP contribution in [0, 0.1) is 20.8 Å². The molecule has 35 heavy (non-hydrogen) atoms. The number of aryl methyl sites for hydroxylation is 2. The maximum Gasteiger partial charge on any atom is 0.291 e. The number of nitrogens with one attached hydrogen (secondary N) is 1. The Kier molecular flexibility index (Phi) is 7.31. The summed E-state index contributed by atoms with van der Waals surface area (Å²) in [7, 11) is 0. The van der Waals surface area contributed by atoms with E-state index in [4.69, 9.17) is 20.8 Å². The van der Waals surface area contributed by atoms with Crippen molar-refractivity contribution in [3.63, 3.8) is 0 Å². The highest BCUT2D eigenvalue weighted by Crippen LogP contribution is 2.28. The van der Waals surface area contributed by atoms with Crippen LogP contribution in [-0.4, -0.2) is 15.7 Å². The van der Waals surface area contributed by atoms with Crippen molar-refractivity contribution in [3.05, 3.63) is 99.2 Å². The van der Waals surface area contributed by atoms with Crippen molar-refractivity contribution >= 4 is 23.2 Å². The number of amides is 1. The standard InChI is InChI=1S/C28H30ClN3O3/c1-17(2)24-11-9-18(3)13-26(24)34-16-23-10-12-25(35-23)28(33)30-27-19(4)31-32(20(27)5)15-21-7-6-8-22(29)14-21/h6-14,17H,15-16H2,1-5H3,(H,30,33). The Bertz CT molecular complexity index is 1350. The van der Waals surface area contributed by atoms with Gasteiger partial charge in [0.2, 0.25) is 0 Å². The number of carbonyl (C=O) groups is 1. The van der Waals surface area contributed by atoms with E-state index in [1.54, 1.807) is 12.1 Å². The van der Waals surface area contributed by atoms with E-state index in [-0.39, 0.29) is 18.3 Å². The summed E-state index contributed by atoms with van der Waals surface area (Å²) in [5.74, 6) is 1.65. The smallest absolute Gasteiger partial charge is 0.291 e. The van der Waals surface area contributed by atoms with E-state index in [0.717, 1.165) is 33.8 Å². The quantitative estimate of drug-likeness (QED) is 0.286. The summed E-state index contributed by atoms with van der Waals surface area (Å²) >= 11 is 6.11. The summed E-state index contributed by atoms with van der Waals surface area (Å²) in [5, 5.41) is 8.21. The zero-order valence-corrected chi connectivity index (χ0v) is 21.4. The number of nitrogens with zero attached hydrogens (tertiary/aromatic N) is 2. The van der Waals surface area contributed by atoms with E-state index >= 15 is 0 Å². The van der Waals surface area contributed by atoms with Crippen LogP contribution in [0.25, 0.3) is 0 Å². The molecular formula is C28H30ClN3O3.